The van der Waals surface area contributed by atoms with Gasteiger partial charge >= 0.3 is 12.0 Å². The highest BCUT2D eigenvalue weighted by Crippen LogP contribution is 2.38. The van der Waals surface area contributed by atoms with Crippen LogP contribution in [0.1, 0.15) is 44.9 Å². The first-order chi connectivity index (χ1) is 15.2. The van der Waals surface area contributed by atoms with Crippen LogP contribution in [0.5, 0.6) is 11.5 Å². The molecule has 1 aliphatic rings. The van der Waals surface area contributed by atoms with Gasteiger partial charge in [-0.25, -0.2) is 9.59 Å². The minimum atomic E-state index is -0.834. The third kappa shape index (κ3) is 5.34. The van der Waals surface area contributed by atoms with Crippen LogP contribution >= 0.6 is 11.6 Å². The summed E-state index contributed by atoms with van der Waals surface area (Å²) in [6.07, 6.45) is -0.473. The van der Waals surface area contributed by atoms with E-state index in [1.54, 1.807) is 63.4 Å². The van der Waals surface area contributed by atoms with Crippen molar-refractivity contribution in [3.63, 3.8) is 0 Å². The summed E-state index contributed by atoms with van der Waals surface area (Å²) in [5.74, 6) is 0.610. The number of urea groups is 1. The van der Waals surface area contributed by atoms with Crippen molar-refractivity contribution in [2.45, 2.75) is 45.9 Å². The number of esters is 1. The second-order valence-electron chi connectivity index (χ2n) is 7.85. The SMILES string of the molecule is COc1ccc(C2=C(C(=O)OC(C)C)C(c3cc(Cl)ccc3OC(C)C)NC(=O)N2)cc1. The fourth-order valence-electron chi connectivity index (χ4n) is 3.39. The summed E-state index contributed by atoms with van der Waals surface area (Å²) >= 11 is 6.28. The van der Waals surface area contributed by atoms with Crippen LogP contribution in [-0.4, -0.2) is 31.3 Å². The zero-order valence-corrected chi connectivity index (χ0v) is 19.4. The van der Waals surface area contributed by atoms with Crippen molar-refractivity contribution in [1.29, 1.82) is 0 Å². The maximum absolute atomic E-state index is 13.3. The molecule has 0 fully saturated rings. The van der Waals surface area contributed by atoms with Crippen LogP contribution in [0.3, 0.4) is 0 Å². The number of amides is 2. The molecule has 3 rings (SSSR count). The van der Waals surface area contributed by atoms with Crippen molar-refractivity contribution >= 4 is 29.3 Å². The first-order valence-corrected chi connectivity index (χ1v) is 10.7. The van der Waals surface area contributed by atoms with Gasteiger partial charge in [-0.05, 0) is 75.7 Å². The molecule has 8 heteroatoms. The van der Waals surface area contributed by atoms with Gasteiger partial charge in [-0.3, -0.25) is 0 Å². The monoisotopic (exact) mass is 458 g/mol. The molecule has 0 radical (unpaired) electrons. The second-order valence-corrected chi connectivity index (χ2v) is 8.29. The van der Waals surface area contributed by atoms with Gasteiger partial charge in [0.05, 0.1) is 36.6 Å². The molecule has 2 N–H and O–H groups in total. The molecule has 0 saturated carbocycles. The lowest BCUT2D eigenvalue weighted by molar-refractivity contribution is -0.143. The zero-order chi connectivity index (χ0) is 23.4. The number of hydrogen-bond acceptors (Lipinski definition) is 5. The zero-order valence-electron chi connectivity index (χ0n) is 18.7. The molecule has 32 heavy (non-hydrogen) atoms. The number of rotatable bonds is 7. The number of benzene rings is 2. The molecule has 2 aromatic rings. The Morgan fingerprint density at radius 1 is 1.03 bits per heavy atom. The van der Waals surface area contributed by atoms with E-state index < -0.39 is 18.0 Å². The van der Waals surface area contributed by atoms with E-state index in [0.29, 0.717) is 33.3 Å². The van der Waals surface area contributed by atoms with Gasteiger partial charge in [0.1, 0.15) is 11.5 Å². The maximum Gasteiger partial charge on any atom is 0.338 e. The van der Waals surface area contributed by atoms with Gasteiger partial charge in [0.2, 0.25) is 0 Å². The van der Waals surface area contributed by atoms with E-state index in [1.165, 1.54) is 0 Å². The van der Waals surface area contributed by atoms with Gasteiger partial charge in [0, 0.05) is 10.6 Å². The van der Waals surface area contributed by atoms with Crippen molar-refractivity contribution in [1.82, 2.24) is 10.6 Å². The largest absolute Gasteiger partial charge is 0.497 e. The molecular formula is C24H27ClN2O5. The lowest BCUT2D eigenvalue weighted by Gasteiger charge is -2.31. The van der Waals surface area contributed by atoms with E-state index in [2.05, 4.69) is 10.6 Å². The van der Waals surface area contributed by atoms with Gasteiger partial charge in [-0.1, -0.05) is 11.6 Å². The van der Waals surface area contributed by atoms with Gasteiger partial charge in [0.25, 0.3) is 0 Å². The molecule has 1 heterocycles. The smallest absolute Gasteiger partial charge is 0.338 e. The van der Waals surface area contributed by atoms with Crippen LogP contribution < -0.4 is 20.1 Å². The van der Waals surface area contributed by atoms with Crippen molar-refractivity contribution < 1.29 is 23.8 Å². The van der Waals surface area contributed by atoms with E-state index in [9.17, 15) is 9.59 Å². The molecule has 1 aliphatic heterocycles. The molecule has 170 valence electrons. The summed E-state index contributed by atoms with van der Waals surface area (Å²) in [7, 11) is 1.57. The first-order valence-electron chi connectivity index (χ1n) is 10.3. The highest BCUT2D eigenvalue weighted by Gasteiger charge is 2.36. The van der Waals surface area contributed by atoms with E-state index >= 15 is 0 Å². The standard InChI is InChI=1S/C24H27ClN2O5/c1-13(2)31-19-11-8-16(25)12-18(19)22-20(23(28)32-14(3)4)21(26-24(29)27-22)15-6-9-17(30-5)10-7-15/h6-14,22H,1-5H3,(H2,26,27,29). The number of nitrogens with one attached hydrogen (secondary N) is 2. The minimum Gasteiger partial charge on any atom is -0.497 e. The third-order valence-electron chi connectivity index (χ3n) is 4.66. The summed E-state index contributed by atoms with van der Waals surface area (Å²) in [5, 5.41) is 6.04. The van der Waals surface area contributed by atoms with Crippen LogP contribution in [0.15, 0.2) is 48.0 Å². The molecule has 0 aliphatic carbocycles. The Kier molecular flexibility index (Phi) is 7.30. The fourth-order valence-corrected chi connectivity index (χ4v) is 3.57. The third-order valence-corrected chi connectivity index (χ3v) is 4.89. The Labute approximate surface area is 192 Å². The summed E-state index contributed by atoms with van der Waals surface area (Å²) in [4.78, 5) is 25.9. The number of methoxy groups -OCH3 is 1. The summed E-state index contributed by atoms with van der Waals surface area (Å²) in [6, 6.07) is 10.9. The fraction of sp³-hybridized carbons (Fsp3) is 0.333. The quantitative estimate of drug-likeness (QED) is 0.579. The molecule has 1 unspecified atom stereocenters. The Morgan fingerprint density at radius 3 is 2.31 bits per heavy atom. The van der Waals surface area contributed by atoms with Crippen LogP contribution in [0, 0.1) is 0 Å². The normalized spacial score (nSPS) is 16.0. The van der Waals surface area contributed by atoms with Crippen molar-refractivity contribution in [3.05, 3.63) is 64.2 Å². The molecule has 1 atom stereocenters. The Morgan fingerprint density at radius 2 is 1.72 bits per heavy atom. The molecule has 2 amide bonds. The molecule has 2 aromatic carbocycles. The lowest BCUT2D eigenvalue weighted by Crippen LogP contribution is -2.45. The molecule has 7 nitrogen and oxygen atoms in total. The molecule has 0 saturated heterocycles. The van der Waals surface area contributed by atoms with Crippen molar-refractivity contribution in [3.8, 4) is 11.5 Å². The second kappa shape index (κ2) is 9.96. The summed E-state index contributed by atoms with van der Waals surface area (Å²) in [6.45, 7) is 7.32. The van der Waals surface area contributed by atoms with Crippen LogP contribution in [0.4, 0.5) is 4.79 Å². The average Bonchev–Trinajstić information content (AvgIpc) is 2.73. The van der Waals surface area contributed by atoms with E-state index in [-0.39, 0.29) is 17.8 Å². The molecule has 0 bridgehead atoms. The predicted molar refractivity (Wildman–Crippen MR) is 123 cm³/mol. The Bertz CT molecular complexity index is 1030. The Hall–Kier alpha value is -3.19. The van der Waals surface area contributed by atoms with Gasteiger partial charge in [0.15, 0.2) is 0 Å². The number of halogens is 1. The highest BCUT2D eigenvalue weighted by atomic mass is 35.5. The highest BCUT2D eigenvalue weighted by molar-refractivity contribution is 6.30. The summed E-state index contributed by atoms with van der Waals surface area (Å²) < 4.78 is 16.7. The van der Waals surface area contributed by atoms with Crippen LogP contribution in [-0.2, 0) is 9.53 Å². The lowest BCUT2D eigenvalue weighted by atomic mass is 9.92. The van der Waals surface area contributed by atoms with Crippen molar-refractivity contribution in [2.24, 2.45) is 0 Å². The number of carbonyl (C=O) groups is 2. The average molecular weight is 459 g/mol. The molecule has 0 spiro atoms. The van der Waals surface area contributed by atoms with Crippen molar-refractivity contribution in [2.75, 3.05) is 7.11 Å². The first kappa shape index (κ1) is 23.5. The number of carbonyl (C=O) groups excluding carboxylic acids is 2. The van der Waals surface area contributed by atoms with Gasteiger partial charge < -0.3 is 24.8 Å². The van der Waals surface area contributed by atoms with E-state index in [4.69, 9.17) is 25.8 Å². The van der Waals surface area contributed by atoms with Gasteiger partial charge in [-0.15, -0.1) is 0 Å². The van der Waals surface area contributed by atoms with E-state index in [1.807, 2.05) is 13.8 Å². The van der Waals surface area contributed by atoms with Gasteiger partial charge in [-0.2, -0.15) is 0 Å². The van der Waals surface area contributed by atoms with E-state index in [0.717, 1.165) is 0 Å². The number of ether oxygens (including phenoxy) is 3. The molecular weight excluding hydrogens is 432 g/mol. The molecule has 0 aromatic heterocycles. The van der Waals surface area contributed by atoms with Crippen LogP contribution in [0.2, 0.25) is 5.02 Å². The topological polar surface area (TPSA) is 85.9 Å². The number of hydrogen-bond donors (Lipinski definition) is 2. The Balaban J connectivity index is 2.22. The summed E-state index contributed by atoms with van der Waals surface area (Å²) in [5.41, 5.74) is 1.79. The predicted octanol–water partition coefficient (Wildman–Crippen LogP) is 4.85. The minimum absolute atomic E-state index is 0.122. The van der Waals surface area contributed by atoms with Crippen LogP contribution in [0.25, 0.3) is 5.70 Å². The maximum atomic E-state index is 13.3.